The smallest absolute Gasteiger partial charge is 0.298 e. The van der Waals surface area contributed by atoms with Gasteiger partial charge in [0.25, 0.3) is 15.8 Å². The molecule has 0 amide bonds. The van der Waals surface area contributed by atoms with E-state index in [0.29, 0.717) is 6.07 Å². The van der Waals surface area contributed by atoms with E-state index in [1.807, 2.05) is 0 Å². The molecular weight excluding hydrogens is 260 g/mol. The molecule has 1 rings (SSSR count). The van der Waals surface area contributed by atoms with Gasteiger partial charge in [-0.25, -0.2) is 0 Å². The minimum Gasteiger partial charge on any atom is -0.506 e. The molecule has 16 heavy (non-hydrogen) atoms. The van der Waals surface area contributed by atoms with Crippen molar-refractivity contribution in [3.05, 3.63) is 28.3 Å². The standard InChI is InChI=1S/C6H5NO6S.2Na/c8-5-2-1-4(7(9)10)3-6(5)14(11,12)13;;/h1-3,8H,(H,11,12,13);;. The second kappa shape index (κ2) is 6.92. The van der Waals surface area contributed by atoms with Crippen molar-refractivity contribution in [1.29, 1.82) is 0 Å². The Bertz CT molecular complexity index is 488. The summed E-state index contributed by atoms with van der Waals surface area (Å²) in [5.41, 5.74) is -0.532. The fourth-order valence-corrected chi connectivity index (χ4v) is 1.42. The topological polar surface area (TPSA) is 118 Å². The molecule has 0 unspecified atom stereocenters. The van der Waals surface area contributed by atoms with Crippen LogP contribution >= 0.6 is 0 Å². The molecular formula is C6H5NNa2O6S. The summed E-state index contributed by atoms with van der Waals surface area (Å²) in [5, 5.41) is 19.2. The molecule has 0 atom stereocenters. The number of phenols is 1. The first-order chi connectivity index (χ1) is 6.32. The molecule has 2 N–H and O–H groups in total. The molecule has 0 aromatic heterocycles. The second-order valence-corrected chi connectivity index (χ2v) is 3.77. The minimum atomic E-state index is -4.64. The fourth-order valence-electron chi connectivity index (χ4n) is 0.823. The van der Waals surface area contributed by atoms with E-state index in [-0.39, 0.29) is 59.1 Å². The van der Waals surface area contributed by atoms with Gasteiger partial charge < -0.3 is 5.11 Å². The van der Waals surface area contributed by atoms with Gasteiger partial charge in [0.05, 0.1) is 4.92 Å². The summed E-state index contributed by atoms with van der Waals surface area (Å²) >= 11 is 0. The van der Waals surface area contributed by atoms with E-state index in [4.69, 9.17) is 9.66 Å². The van der Waals surface area contributed by atoms with Crippen LogP contribution in [0.3, 0.4) is 0 Å². The Morgan fingerprint density at radius 3 is 2.12 bits per heavy atom. The largest absolute Gasteiger partial charge is 0.506 e. The minimum absolute atomic E-state index is 0. The van der Waals surface area contributed by atoms with Gasteiger partial charge >= 0.3 is 0 Å². The average Bonchev–Trinajstić information content (AvgIpc) is 2.02. The van der Waals surface area contributed by atoms with Crippen LogP contribution in [-0.4, -0.2) is 82.1 Å². The molecule has 0 aliphatic carbocycles. The van der Waals surface area contributed by atoms with Crippen molar-refractivity contribution in [2.75, 3.05) is 0 Å². The van der Waals surface area contributed by atoms with E-state index < -0.39 is 31.4 Å². The first kappa shape index (κ1) is 18.7. The van der Waals surface area contributed by atoms with E-state index in [0.717, 1.165) is 12.1 Å². The molecule has 0 fully saturated rings. The maximum absolute atomic E-state index is 10.6. The van der Waals surface area contributed by atoms with Gasteiger partial charge in [-0.3, -0.25) is 14.7 Å². The van der Waals surface area contributed by atoms with Crippen LogP contribution in [-0.2, 0) is 10.1 Å². The van der Waals surface area contributed by atoms with Crippen molar-refractivity contribution in [2.24, 2.45) is 0 Å². The van der Waals surface area contributed by atoms with Gasteiger partial charge in [-0.2, -0.15) is 8.42 Å². The molecule has 10 heteroatoms. The number of hydrogen-bond acceptors (Lipinski definition) is 5. The molecule has 0 bridgehead atoms. The van der Waals surface area contributed by atoms with Crippen LogP contribution in [0.25, 0.3) is 0 Å². The number of non-ortho nitro benzene ring substituents is 1. The summed E-state index contributed by atoms with van der Waals surface area (Å²) in [6, 6.07) is 2.32. The third-order valence-electron chi connectivity index (χ3n) is 1.43. The van der Waals surface area contributed by atoms with Crippen LogP contribution in [0.4, 0.5) is 5.69 Å². The molecule has 1 aromatic rings. The van der Waals surface area contributed by atoms with Crippen molar-refractivity contribution < 1.29 is 23.0 Å². The van der Waals surface area contributed by atoms with Gasteiger partial charge in [-0.15, -0.1) is 0 Å². The molecule has 0 spiro atoms. The number of nitro benzene ring substituents is 1. The molecule has 7 nitrogen and oxygen atoms in total. The van der Waals surface area contributed by atoms with Crippen molar-refractivity contribution >= 4 is 74.9 Å². The van der Waals surface area contributed by atoms with Crippen LogP contribution in [0.5, 0.6) is 5.75 Å². The predicted octanol–water partition coefficient (Wildman–Crippen LogP) is -0.214. The monoisotopic (exact) mass is 265 g/mol. The predicted molar refractivity (Wildman–Crippen MR) is 56.1 cm³/mol. The molecule has 78 valence electrons. The number of nitrogens with zero attached hydrogens (tertiary/aromatic N) is 1. The number of rotatable bonds is 2. The van der Waals surface area contributed by atoms with E-state index in [1.165, 1.54) is 0 Å². The van der Waals surface area contributed by atoms with Crippen molar-refractivity contribution in [1.82, 2.24) is 0 Å². The first-order valence-corrected chi connectivity index (χ1v) is 4.71. The SMILES string of the molecule is O=[N+]([O-])c1ccc(O)c(S(=O)(=O)O)c1.[Na].[Na]. The molecule has 0 saturated carbocycles. The Morgan fingerprint density at radius 1 is 1.25 bits per heavy atom. The number of nitro groups is 1. The van der Waals surface area contributed by atoms with E-state index in [9.17, 15) is 18.5 Å². The molecule has 1 aromatic carbocycles. The van der Waals surface area contributed by atoms with Gasteiger partial charge in [0.2, 0.25) is 0 Å². The van der Waals surface area contributed by atoms with Gasteiger partial charge in [-0.05, 0) is 6.07 Å². The van der Waals surface area contributed by atoms with Crippen molar-refractivity contribution in [3.63, 3.8) is 0 Å². The third-order valence-corrected chi connectivity index (χ3v) is 2.31. The van der Waals surface area contributed by atoms with Crippen LogP contribution in [0, 0.1) is 10.1 Å². The van der Waals surface area contributed by atoms with Gasteiger partial charge in [0, 0.05) is 71.2 Å². The zero-order chi connectivity index (χ0) is 10.9. The zero-order valence-corrected chi connectivity index (χ0v) is 13.4. The number of phenolic OH excluding ortho intramolecular Hbond substituents is 1. The second-order valence-electron chi connectivity index (χ2n) is 2.38. The molecule has 0 aliphatic heterocycles. The van der Waals surface area contributed by atoms with Gasteiger partial charge in [-0.1, -0.05) is 0 Å². The molecule has 0 saturated heterocycles. The summed E-state index contributed by atoms with van der Waals surface area (Å²) < 4.78 is 29.8. The third kappa shape index (κ3) is 4.68. The Balaban J connectivity index is 0. The Kier molecular flexibility index (Phi) is 8.08. The first-order valence-electron chi connectivity index (χ1n) is 3.27. The summed E-state index contributed by atoms with van der Waals surface area (Å²) in [7, 11) is -4.64. The number of benzene rings is 1. The number of hydrogen-bond donors (Lipinski definition) is 2. The van der Waals surface area contributed by atoms with Crippen molar-refractivity contribution in [2.45, 2.75) is 4.90 Å². The number of aromatic hydroxyl groups is 1. The van der Waals surface area contributed by atoms with E-state index in [1.54, 1.807) is 0 Å². The van der Waals surface area contributed by atoms with Crippen LogP contribution in [0.15, 0.2) is 23.1 Å². The molecule has 2 radical (unpaired) electrons. The normalized spacial score (nSPS) is 9.81. The van der Waals surface area contributed by atoms with Gasteiger partial charge in [0.15, 0.2) is 0 Å². The fraction of sp³-hybridized carbons (Fsp3) is 0. The molecule has 0 heterocycles. The van der Waals surface area contributed by atoms with Gasteiger partial charge in [0.1, 0.15) is 10.6 Å². The van der Waals surface area contributed by atoms with Crippen molar-refractivity contribution in [3.8, 4) is 5.75 Å². The summed E-state index contributed by atoms with van der Waals surface area (Å²) in [6.45, 7) is 0. The molecule has 0 aliphatic rings. The zero-order valence-electron chi connectivity index (χ0n) is 8.61. The summed E-state index contributed by atoms with van der Waals surface area (Å²) in [5.74, 6) is -0.738. The Labute approximate surface area is 135 Å². The maximum Gasteiger partial charge on any atom is 0.298 e. The summed E-state index contributed by atoms with van der Waals surface area (Å²) in [6.07, 6.45) is 0. The Morgan fingerprint density at radius 2 is 1.75 bits per heavy atom. The Hall–Kier alpha value is 0.330. The van der Waals surface area contributed by atoms with Crippen LogP contribution < -0.4 is 0 Å². The maximum atomic E-state index is 10.6. The average molecular weight is 265 g/mol. The summed E-state index contributed by atoms with van der Waals surface area (Å²) in [4.78, 5) is 8.52. The quantitative estimate of drug-likeness (QED) is 0.330. The van der Waals surface area contributed by atoms with E-state index in [2.05, 4.69) is 0 Å². The van der Waals surface area contributed by atoms with E-state index >= 15 is 0 Å². The van der Waals surface area contributed by atoms with Crippen LogP contribution in [0.1, 0.15) is 0 Å². The van der Waals surface area contributed by atoms with Crippen LogP contribution in [0.2, 0.25) is 0 Å².